The monoisotopic (exact) mass is 345 g/mol. The number of carbonyl (C=O) groups is 1. The summed E-state index contributed by atoms with van der Waals surface area (Å²) >= 11 is 0. The van der Waals surface area contributed by atoms with Crippen molar-refractivity contribution in [1.29, 1.82) is 0 Å². The van der Waals surface area contributed by atoms with Gasteiger partial charge in [0.25, 0.3) is 0 Å². The van der Waals surface area contributed by atoms with Gasteiger partial charge in [0, 0.05) is 19.4 Å². The highest BCUT2D eigenvalue weighted by molar-refractivity contribution is 5.77. The number of aryl methyl sites for hydroxylation is 2. The van der Waals surface area contributed by atoms with Gasteiger partial charge in [-0.3, -0.25) is 4.79 Å². The summed E-state index contributed by atoms with van der Waals surface area (Å²) in [6, 6.07) is 7.45. The van der Waals surface area contributed by atoms with Crippen molar-refractivity contribution < 1.29 is 19.2 Å². The SMILES string of the molecule is Cc1noc([C@H]2C[C@@H](O)CN2C(=O)CCCOc2ccccc2C)n1. The van der Waals surface area contributed by atoms with Gasteiger partial charge in [-0.1, -0.05) is 23.4 Å². The summed E-state index contributed by atoms with van der Waals surface area (Å²) in [4.78, 5) is 18.4. The molecule has 1 aliphatic rings. The summed E-state index contributed by atoms with van der Waals surface area (Å²) in [7, 11) is 0. The third-order valence-corrected chi connectivity index (χ3v) is 4.31. The molecule has 0 aliphatic carbocycles. The third-order valence-electron chi connectivity index (χ3n) is 4.31. The fourth-order valence-corrected chi connectivity index (χ4v) is 3.04. The lowest BCUT2D eigenvalue weighted by atomic mass is 10.2. The Morgan fingerprint density at radius 3 is 2.92 bits per heavy atom. The van der Waals surface area contributed by atoms with Crippen LogP contribution in [-0.4, -0.2) is 45.3 Å². The van der Waals surface area contributed by atoms with Crippen LogP contribution < -0.4 is 4.74 Å². The molecule has 2 aromatic rings. The van der Waals surface area contributed by atoms with Gasteiger partial charge < -0.3 is 19.3 Å². The Bertz CT molecular complexity index is 731. The quantitative estimate of drug-likeness (QED) is 0.807. The molecule has 134 valence electrons. The van der Waals surface area contributed by atoms with E-state index in [1.165, 1.54) is 0 Å². The summed E-state index contributed by atoms with van der Waals surface area (Å²) in [5.41, 5.74) is 1.07. The molecule has 1 aromatic carbocycles. The minimum Gasteiger partial charge on any atom is -0.493 e. The van der Waals surface area contributed by atoms with Crippen LogP contribution in [0.25, 0.3) is 0 Å². The van der Waals surface area contributed by atoms with E-state index in [0.717, 1.165) is 11.3 Å². The van der Waals surface area contributed by atoms with Gasteiger partial charge in [-0.05, 0) is 31.9 Å². The fourth-order valence-electron chi connectivity index (χ4n) is 3.04. The number of ether oxygens (including phenoxy) is 1. The number of nitrogens with zero attached hydrogens (tertiary/aromatic N) is 3. The largest absolute Gasteiger partial charge is 0.493 e. The molecule has 0 spiro atoms. The van der Waals surface area contributed by atoms with Crippen molar-refractivity contribution in [3.63, 3.8) is 0 Å². The second kappa shape index (κ2) is 7.65. The summed E-state index contributed by atoms with van der Waals surface area (Å²) in [5, 5.41) is 13.7. The van der Waals surface area contributed by atoms with Gasteiger partial charge in [0.15, 0.2) is 5.82 Å². The van der Waals surface area contributed by atoms with E-state index in [4.69, 9.17) is 9.26 Å². The molecule has 1 N–H and O–H groups in total. The molecule has 0 bridgehead atoms. The molecule has 0 saturated carbocycles. The van der Waals surface area contributed by atoms with E-state index in [1.807, 2.05) is 31.2 Å². The lowest BCUT2D eigenvalue weighted by Gasteiger charge is -2.21. The highest BCUT2D eigenvalue weighted by Gasteiger charge is 2.38. The van der Waals surface area contributed by atoms with Crippen LogP contribution in [0.4, 0.5) is 0 Å². The highest BCUT2D eigenvalue weighted by Crippen LogP contribution is 2.31. The van der Waals surface area contributed by atoms with E-state index in [0.29, 0.717) is 44.1 Å². The number of hydrogen-bond donors (Lipinski definition) is 1. The van der Waals surface area contributed by atoms with E-state index in [2.05, 4.69) is 10.1 Å². The van der Waals surface area contributed by atoms with Crippen LogP contribution in [0.15, 0.2) is 28.8 Å². The number of para-hydroxylation sites is 1. The number of amides is 1. The first-order chi connectivity index (χ1) is 12.0. The lowest BCUT2D eigenvalue weighted by Crippen LogP contribution is -2.32. The van der Waals surface area contributed by atoms with Crippen LogP contribution in [0.1, 0.15) is 42.6 Å². The maximum absolute atomic E-state index is 12.5. The van der Waals surface area contributed by atoms with Crippen LogP contribution in [0.2, 0.25) is 0 Å². The predicted octanol–water partition coefficient (Wildman–Crippen LogP) is 2.18. The third kappa shape index (κ3) is 4.17. The van der Waals surface area contributed by atoms with Crippen molar-refractivity contribution in [3.05, 3.63) is 41.5 Å². The standard InChI is InChI=1S/C18H23N3O4/c1-12-6-3-4-7-16(12)24-9-5-8-17(23)21-11-14(22)10-15(21)18-19-13(2)20-25-18/h3-4,6-7,14-15,22H,5,8-11H2,1-2H3/t14-,15-/m1/s1. The Balaban J connectivity index is 1.52. The molecule has 2 atom stereocenters. The maximum Gasteiger partial charge on any atom is 0.249 e. The molecule has 7 heteroatoms. The van der Waals surface area contributed by atoms with Gasteiger partial charge in [-0.2, -0.15) is 4.98 Å². The summed E-state index contributed by atoms with van der Waals surface area (Å²) < 4.78 is 10.9. The molecule has 1 saturated heterocycles. The van der Waals surface area contributed by atoms with Gasteiger partial charge in [0.05, 0.1) is 12.7 Å². The number of rotatable bonds is 6. The number of aliphatic hydroxyl groups excluding tert-OH is 1. The number of β-amino-alcohol motifs (C(OH)–C–C–N with tert-alkyl or cyclic N) is 1. The first-order valence-corrected chi connectivity index (χ1v) is 8.50. The number of aliphatic hydroxyl groups is 1. The first kappa shape index (κ1) is 17.4. The predicted molar refractivity (Wildman–Crippen MR) is 90.0 cm³/mol. The second-order valence-corrected chi connectivity index (χ2v) is 6.35. The Kier molecular flexibility index (Phi) is 5.33. The molecule has 2 heterocycles. The number of benzene rings is 1. The van der Waals surface area contributed by atoms with Gasteiger partial charge >= 0.3 is 0 Å². The molecule has 1 aliphatic heterocycles. The summed E-state index contributed by atoms with van der Waals surface area (Å²) in [5.74, 6) is 1.71. The van der Waals surface area contributed by atoms with E-state index < -0.39 is 6.10 Å². The normalized spacial score (nSPS) is 20.0. The van der Waals surface area contributed by atoms with Gasteiger partial charge in [0.1, 0.15) is 11.8 Å². The molecule has 1 aromatic heterocycles. The van der Waals surface area contributed by atoms with Gasteiger partial charge in [-0.25, -0.2) is 0 Å². The van der Waals surface area contributed by atoms with Crippen LogP contribution in [0, 0.1) is 13.8 Å². The fraction of sp³-hybridized carbons (Fsp3) is 0.500. The van der Waals surface area contributed by atoms with E-state index in [9.17, 15) is 9.90 Å². The Hall–Kier alpha value is -2.41. The molecule has 0 radical (unpaired) electrons. The van der Waals surface area contributed by atoms with E-state index in [1.54, 1.807) is 11.8 Å². The van der Waals surface area contributed by atoms with E-state index in [-0.39, 0.29) is 11.9 Å². The minimum absolute atomic E-state index is 0.0363. The van der Waals surface area contributed by atoms with Crippen molar-refractivity contribution in [2.24, 2.45) is 0 Å². The second-order valence-electron chi connectivity index (χ2n) is 6.35. The summed E-state index contributed by atoms with van der Waals surface area (Å²) in [6.07, 6.45) is 0.814. The minimum atomic E-state index is -0.565. The first-order valence-electron chi connectivity index (χ1n) is 8.50. The van der Waals surface area contributed by atoms with Crippen LogP contribution >= 0.6 is 0 Å². The smallest absolute Gasteiger partial charge is 0.249 e. The van der Waals surface area contributed by atoms with Gasteiger partial charge in [-0.15, -0.1) is 0 Å². The van der Waals surface area contributed by atoms with Crippen LogP contribution in [0.3, 0.4) is 0 Å². The topological polar surface area (TPSA) is 88.7 Å². The molecule has 0 unspecified atom stereocenters. The molecule has 25 heavy (non-hydrogen) atoms. The average molecular weight is 345 g/mol. The van der Waals surface area contributed by atoms with Crippen LogP contribution in [0.5, 0.6) is 5.75 Å². The van der Waals surface area contributed by atoms with Crippen molar-refractivity contribution in [2.75, 3.05) is 13.2 Å². The zero-order valence-electron chi connectivity index (χ0n) is 14.5. The number of hydrogen-bond acceptors (Lipinski definition) is 6. The zero-order chi connectivity index (χ0) is 17.8. The lowest BCUT2D eigenvalue weighted by molar-refractivity contribution is -0.133. The zero-order valence-corrected chi connectivity index (χ0v) is 14.5. The molecule has 1 fully saturated rings. The van der Waals surface area contributed by atoms with Crippen molar-refractivity contribution in [1.82, 2.24) is 15.0 Å². The average Bonchev–Trinajstić information content (AvgIpc) is 3.18. The van der Waals surface area contributed by atoms with Crippen LogP contribution in [-0.2, 0) is 4.79 Å². The molecule has 7 nitrogen and oxygen atoms in total. The van der Waals surface area contributed by atoms with Crippen molar-refractivity contribution in [3.8, 4) is 5.75 Å². The highest BCUT2D eigenvalue weighted by atomic mass is 16.5. The molecular weight excluding hydrogens is 322 g/mol. The van der Waals surface area contributed by atoms with E-state index >= 15 is 0 Å². The van der Waals surface area contributed by atoms with Crippen molar-refractivity contribution in [2.45, 2.75) is 45.3 Å². The summed E-state index contributed by atoms with van der Waals surface area (Å²) in [6.45, 7) is 4.48. The molecule has 3 rings (SSSR count). The van der Waals surface area contributed by atoms with Crippen molar-refractivity contribution >= 4 is 5.91 Å². The Labute approximate surface area is 146 Å². The molecule has 1 amide bonds. The molecular formula is C18H23N3O4. The Morgan fingerprint density at radius 2 is 2.20 bits per heavy atom. The Morgan fingerprint density at radius 1 is 1.40 bits per heavy atom. The number of likely N-dealkylation sites (tertiary alicyclic amines) is 1. The van der Waals surface area contributed by atoms with Gasteiger partial charge in [0.2, 0.25) is 11.8 Å². The maximum atomic E-state index is 12.5. The number of aromatic nitrogens is 2. The number of carbonyl (C=O) groups excluding carboxylic acids is 1.